The molecule has 0 spiro atoms. The SMILES string of the molecule is CCC1(c2cccc(OC(=O)NC(CSSCC(N)C(=O)O)C(=O)O)c2)CCCCN(C)C1. The van der Waals surface area contributed by atoms with Crippen molar-refractivity contribution in [1.82, 2.24) is 10.2 Å². The molecule has 0 saturated carbocycles. The first kappa shape index (κ1) is 27.3. The Morgan fingerprint density at radius 3 is 2.61 bits per heavy atom. The van der Waals surface area contributed by atoms with Crippen molar-refractivity contribution in [3.05, 3.63) is 29.8 Å². The number of hydrogen-bond donors (Lipinski definition) is 4. The van der Waals surface area contributed by atoms with Crippen LogP contribution < -0.4 is 15.8 Å². The second-order valence-corrected chi connectivity index (χ2v) is 10.8. The fourth-order valence-electron chi connectivity index (χ4n) is 3.90. The van der Waals surface area contributed by atoms with Gasteiger partial charge in [0.25, 0.3) is 0 Å². The van der Waals surface area contributed by atoms with Crippen LogP contribution in [0.25, 0.3) is 0 Å². The first-order valence-electron chi connectivity index (χ1n) is 10.9. The van der Waals surface area contributed by atoms with Crippen molar-refractivity contribution in [3.63, 3.8) is 0 Å². The summed E-state index contributed by atoms with van der Waals surface area (Å²) < 4.78 is 5.41. The molecule has 0 aromatic heterocycles. The number of rotatable bonds is 11. The van der Waals surface area contributed by atoms with Crippen LogP contribution in [0.4, 0.5) is 4.79 Å². The number of likely N-dealkylation sites (N-methyl/N-ethyl adjacent to an activating group) is 1. The van der Waals surface area contributed by atoms with E-state index in [4.69, 9.17) is 15.6 Å². The molecule has 1 aromatic carbocycles. The van der Waals surface area contributed by atoms with Gasteiger partial charge in [-0.15, -0.1) is 0 Å². The second kappa shape index (κ2) is 13.1. The van der Waals surface area contributed by atoms with E-state index >= 15 is 0 Å². The predicted molar refractivity (Wildman–Crippen MR) is 131 cm³/mol. The molecule has 1 fully saturated rings. The molecule has 33 heavy (non-hydrogen) atoms. The summed E-state index contributed by atoms with van der Waals surface area (Å²) in [5.74, 6) is -1.81. The highest BCUT2D eigenvalue weighted by molar-refractivity contribution is 8.76. The van der Waals surface area contributed by atoms with Crippen LogP contribution in [-0.2, 0) is 15.0 Å². The maximum atomic E-state index is 12.4. The van der Waals surface area contributed by atoms with Gasteiger partial charge >= 0.3 is 18.0 Å². The number of carboxylic acids is 2. The largest absolute Gasteiger partial charge is 0.480 e. The van der Waals surface area contributed by atoms with Crippen molar-refractivity contribution in [2.75, 3.05) is 31.6 Å². The average molecular weight is 500 g/mol. The Morgan fingerprint density at radius 2 is 1.94 bits per heavy atom. The summed E-state index contributed by atoms with van der Waals surface area (Å²) in [6.07, 6.45) is 3.47. The Hall–Kier alpha value is -1.95. The third kappa shape index (κ3) is 8.40. The number of carbonyl (C=O) groups is 3. The topological polar surface area (TPSA) is 142 Å². The van der Waals surface area contributed by atoms with Gasteiger partial charge in [0.2, 0.25) is 0 Å². The van der Waals surface area contributed by atoms with Crippen LogP contribution in [0.5, 0.6) is 5.75 Å². The van der Waals surface area contributed by atoms with Gasteiger partial charge in [-0.3, -0.25) is 4.79 Å². The highest BCUT2D eigenvalue weighted by atomic mass is 33.1. The number of carboxylic acid groups (broad SMARTS) is 2. The summed E-state index contributed by atoms with van der Waals surface area (Å²) in [7, 11) is 4.39. The minimum absolute atomic E-state index is 0.0185. The molecule has 1 saturated heterocycles. The monoisotopic (exact) mass is 499 g/mol. The summed E-state index contributed by atoms with van der Waals surface area (Å²) in [5, 5.41) is 20.5. The van der Waals surface area contributed by atoms with E-state index in [0.29, 0.717) is 5.75 Å². The molecule has 1 amide bonds. The normalized spacial score (nSPS) is 20.9. The van der Waals surface area contributed by atoms with E-state index in [0.717, 1.165) is 65.9 Å². The molecule has 0 bridgehead atoms. The minimum atomic E-state index is -1.21. The van der Waals surface area contributed by atoms with Crippen molar-refractivity contribution >= 4 is 39.6 Å². The summed E-state index contributed by atoms with van der Waals surface area (Å²) >= 11 is 0. The number of aliphatic carboxylic acids is 2. The zero-order chi connectivity index (χ0) is 24.4. The molecule has 1 aliphatic heterocycles. The first-order valence-corrected chi connectivity index (χ1v) is 13.4. The molecule has 1 aromatic rings. The minimum Gasteiger partial charge on any atom is -0.480 e. The maximum absolute atomic E-state index is 12.4. The molecular weight excluding hydrogens is 466 g/mol. The van der Waals surface area contributed by atoms with Crippen molar-refractivity contribution in [1.29, 1.82) is 0 Å². The zero-order valence-corrected chi connectivity index (χ0v) is 20.6. The summed E-state index contributed by atoms with van der Waals surface area (Å²) in [6.45, 7) is 4.17. The number of likely N-dealkylation sites (tertiary alicyclic amines) is 1. The lowest BCUT2D eigenvalue weighted by Crippen LogP contribution is -2.44. The van der Waals surface area contributed by atoms with Gasteiger partial charge in [0.15, 0.2) is 0 Å². The van der Waals surface area contributed by atoms with Gasteiger partial charge in [-0.1, -0.05) is 47.1 Å². The lowest BCUT2D eigenvalue weighted by molar-refractivity contribution is -0.139. The molecule has 3 atom stereocenters. The molecule has 0 aliphatic carbocycles. The number of nitrogens with one attached hydrogen (secondary N) is 1. The lowest BCUT2D eigenvalue weighted by atomic mass is 9.74. The molecule has 1 aliphatic rings. The molecule has 9 nitrogen and oxygen atoms in total. The van der Waals surface area contributed by atoms with Crippen LogP contribution in [-0.4, -0.2) is 76.9 Å². The van der Waals surface area contributed by atoms with Crippen LogP contribution in [0, 0.1) is 0 Å². The molecular formula is C22H33N3O6S2. The maximum Gasteiger partial charge on any atom is 0.413 e. The van der Waals surface area contributed by atoms with E-state index in [1.807, 2.05) is 12.1 Å². The van der Waals surface area contributed by atoms with Crippen LogP contribution in [0.2, 0.25) is 0 Å². The van der Waals surface area contributed by atoms with Gasteiger partial charge in [0.05, 0.1) is 0 Å². The molecule has 11 heteroatoms. The van der Waals surface area contributed by atoms with Gasteiger partial charge in [0.1, 0.15) is 17.8 Å². The van der Waals surface area contributed by atoms with Crippen molar-refractivity contribution in [3.8, 4) is 5.75 Å². The van der Waals surface area contributed by atoms with Gasteiger partial charge in [-0.05, 0) is 50.6 Å². The molecule has 5 N–H and O–H groups in total. The second-order valence-electron chi connectivity index (χ2n) is 8.30. The predicted octanol–water partition coefficient (Wildman–Crippen LogP) is 2.79. The Morgan fingerprint density at radius 1 is 1.21 bits per heavy atom. The van der Waals surface area contributed by atoms with Gasteiger partial charge in [-0.2, -0.15) is 0 Å². The third-order valence-corrected chi connectivity index (χ3v) is 8.27. The molecule has 2 rings (SSSR count). The molecule has 3 unspecified atom stereocenters. The van der Waals surface area contributed by atoms with Gasteiger partial charge in [0, 0.05) is 23.5 Å². The van der Waals surface area contributed by atoms with E-state index in [-0.39, 0.29) is 16.9 Å². The van der Waals surface area contributed by atoms with E-state index in [2.05, 4.69) is 30.3 Å². The quantitative estimate of drug-likeness (QED) is 0.265. The highest BCUT2D eigenvalue weighted by Crippen LogP contribution is 2.37. The van der Waals surface area contributed by atoms with E-state index in [9.17, 15) is 19.5 Å². The number of nitrogens with two attached hydrogens (primary N) is 1. The molecule has 184 valence electrons. The standard InChI is InChI=1S/C22H33N3O6S2/c1-3-22(9-4-5-10-25(2)14-22)15-7-6-8-16(11-15)31-21(30)24-18(20(28)29)13-33-32-12-17(23)19(26)27/h6-8,11,17-18H,3-5,9-10,12-14,23H2,1-2H3,(H,24,30)(H,26,27)(H,28,29). The van der Waals surface area contributed by atoms with E-state index in [1.165, 1.54) is 0 Å². The van der Waals surface area contributed by atoms with Crippen LogP contribution in [0.15, 0.2) is 24.3 Å². The van der Waals surface area contributed by atoms with Crippen molar-refractivity contribution in [2.45, 2.75) is 50.1 Å². The Bertz CT molecular complexity index is 827. The highest BCUT2D eigenvalue weighted by Gasteiger charge is 2.33. The smallest absolute Gasteiger partial charge is 0.413 e. The fraction of sp³-hybridized carbons (Fsp3) is 0.591. The average Bonchev–Trinajstić information content (AvgIpc) is 2.97. The van der Waals surface area contributed by atoms with Crippen molar-refractivity contribution < 1.29 is 29.3 Å². The lowest BCUT2D eigenvalue weighted by Gasteiger charge is -2.35. The Labute approximate surface area is 202 Å². The number of amides is 1. The first-order chi connectivity index (χ1) is 15.7. The Kier molecular flexibility index (Phi) is 10.8. The summed E-state index contributed by atoms with van der Waals surface area (Å²) in [6, 6.07) is 5.25. The Balaban J connectivity index is 1.98. The number of ether oxygens (including phenoxy) is 1. The third-order valence-electron chi connectivity index (χ3n) is 5.82. The molecule has 1 heterocycles. The van der Waals surface area contributed by atoms with Gasteiger partial charge in [-0.25, -0.2) is 9.59 Å². The van der Waals surface area contributed by atoms with E-state index < -0.39 is 30.1 Å². The molecule has 0 radical (unpaired) electrons. The van der Waals surface area contributed by atoms with Crippen LogP contribution >= 0.6 is 21.6 Å². The van der Waals surface area contributed by atoms with Gasteiger partial charge < -0.3 is 30.9 Å². The van der Waals surface area contributed by atoms with Crippen LogP contribution in [0.3, 0.4) is 0 Å². The fourth-order valence-corrected chi connectivity index (χ4v) is 6.17. The summed E-state index contributed by atoms with van der Waals surface area (Å²) in [5.41, 5.74) is 6.51. The number of carbonyl (C=O) groups excluding carboxylic acids is 1. The zero-order valence-electron chi connectivity index (χ0n) is 19.0. The number of nitrogens with zero attached hydrogens (tertiary/aromatic N) is 1. The van der Waals surface area contributed by atoms with Crippen LogP contribution in [0.1, 0.15) is 38.2 Å². The summed E-state index contributed by atoms with van der Waals surface area (Å²) in [4.78, 5) is 37.0. The van der Waals surface area contributed by atoms with E-state index in [1.54, 1.807) is 6.07 Å². The number of hydrogen-bond acceptors (Lipinski definition) is 8. The van der Waals surface area contributed by atoms with Crippen molar-refractivity contribution in [2.24, 2.45) is 5.73 Å². The number of benzene rings is 1.